The summed E-state index contributed by atoms with van der Waals surface area (Å²) >= 11 is 6.85. The van der Waals surface area contributed by atoms with Gasteiger partial charge in [-0.1, -0.05) is 69.9 Å². The van der Waals surface area contributed by atoms with Gasteiger partial charge in [-0.2, -0.15) is 0 Å². The zero-order chi connectivity index (χ0) is 10.6. The molecule has 0 aromatic rings. The standard InChI is InChI=1S/C11H23NS2.Na/c1-3-5-6-7-8-9-10-12-11(13)14-4-2;/h3-10H2,1-2H3,(H,12,13);. The van der Waals surface area contributed by atoms with Crippen molar-refractivity contribution in [3.8, 4) is 0 Å². The number of thiocarbonyl (C=S) groups is 1. The topological polar surface area (TPSA) is 12.0 Å². The van der Waals surface area contributed by atoms with Crippen molar-refractivity contribution in [2.24, 2.45) is 0 Å². The summed E-state index contributed by atoms with van der Waals surface area (Å²) < 4.78 is 0.959. The van der Waals surface area contributed by atoms with Crippen molar-refractivity contribution >= 4 is 57.9 Å². The first-order valence-corrected chi connectivity index (χ1v) is 7.11. The van der Waals surface area contributed by atoms with Gasteiger partial charge < -0.3 is 5.32 Å². The molecule has 4 heteroatoms. The number of nitrogens with one attached hydrogen (secondary N) is 1. The Kier molecular flexibility index (Phi) is 18.9. The van der Waals surface area contributed by atoms with E-state index in [4.69, 9.17) is 12.2 Å². The van der Waals surface area contributed by atoms with Crippen molar-refractivity contribution in [1.29, 1.82) is 0 Å². The zero-order valence-electron chi connectivity index (χ0n) is 10.5. The third-order valence-corrected chi connectivity index (χ3v) is 3.27. The Labute approximate surface area is 127 Å². The van der Waals surface area contributed by atoms with Crippen molar-refractivity contribution < 1.29 is 0 Å². The summed E-state index contributed by atoms with van der Waals surface area (Å²) in [6.07, 6.45) is 8.08. The second-order valence-electron chi connectivity index (χ2n) is 3.42. The van der Waals surface area contributed by atoms with Gasteiger partial charge in [-0.3, -0.25) is 0 Å². The predicted octanol–water partition coefficient (Wildman–Crippen LogP) is 3.59. The van der Waals surface area contributed by atoms with Gasteiger partial charge in [-0.15, -0.1) is 0 Å². The number of hydrogen-bond acceptors (Lipinski definition) is 2. The molecule has 0 rings (SSSR count). The Morgan fingerprint density at radius 3 is 2.27 bits per heavy atom. The molecule has 0 atom stereocenters. The number of unbranched alkanes of at least 4 members (excludes halogenated alkanes) is 5. The quantitative estimate of drug-likeness (QED) is 0.405. The van der Waals surface area contributed by atoms with E-state index >= 15 is 0 Å². The van der Waals surface area contributed by atoms with Crippen LogP contribution in [-0.4, -0.2) is 46.2 Å². The summed E-state index contributed by atoms with van der Waals surface area (Å²) in [4.78, 5) is 0. The van der Waals surface area contributed by atoms with Gasteiger partial charge in [0.05, 0.1) is 0 Å². The fraction of sp³-hybridized carbons (Fsp3) is 0.909. The van der Waals surface area contributed by atoms with Crippen molar-refractivity contribution in [2.75, 3.05) is 12.3 Å². The second kappa shape index (κ2) is 15.2. The van der Waals surface area contributed by atoms with Crippen LogP contribution in [-0.2, 0) is 0 Å². The summed E-state index contributed by atoms with van der Waals surface area (Å²) in [5, 5.41) is 3.27. The summed E-state index contributed by atoms with van der Waals surface area (Å²) in [5.41, 5.74) is 0. The number of thioether (sulfide) groups is 1. The van der Waals surface area contributed by atoms with Gasteiger partial charge in [0, 0.05) is 36.1 Å². The van der Waals surface area contributed by atoms with Gasteiger partial charge in [0.1, 0.15) is 4.32 Å². The van der Waals surface area contributed by atoms with Gasteiger partial charge in [-0.05, 0) is 12.2 Å². The molecule has 0 bridgehead atoms. The molecule has 0 unspecified atom stereocenters. The fourth-order valence-corrected chi connectivity index (χ4v) is 2.20. The van der Waals surface area contributed by atoms with Gasteiger partial charge in [0.2, 0.25) is 0 Å². The smallest absolute Gasteiger partial charge is 0.133 e. The molecule has 0 heterocycles. The maximum Gasteiger partial charge on any atom is 0.133 e. The monoisotopic (exact) mass is 256 g/mol. The molecule has 1 nitrogen and oxygen atoms in total. The molecular weight excluding hydrogens is 233 g/mol. The molecule has 0 aliphatic carbocycles. The third-order valence-electron chi connectivity index (χ3n) is 2.08. The van der Waals surface area contributed by atoms with E-state index in [2.05, 4.69) is 19.2 Å². The molecule has 85 valence electrons. The maximum absolute atomic E-state index is 5.12. The van der Waals surface area contributed by atoms with E-state index in [1.54, 1.807) is 11.8 Å². The van der Waals surface area contributed by atoms with Crippen LogP contribution >= 0.6 is 24.0 Å². The minimum Gasteiger partial charge on any atom is -0.371 e. The minimum atomic E-state index is 0. The predicted molar refractivity (Wildman–Crippen MR) is 77.9 cm³/mol. The van der Waals surface area contributed by atoms with E-state index < -0.39 is 0 Å². The van der Waals surface area contributed by atoms with Crippen molar-refractivity contribution in [3.63, 3.8) is 0 Å². The normalized spacial score (nSPS) is 9.47. The fourth-order valence-electron chi connectivity index (χ4n) is 1.28. The van der Waals surface area contributed by atoms with Gasteiger partial charge in [0.25, 0.3) is 0 Å². The van der Waals surface area contributed by atoms with Gasteiger partial charge in [-0.25, -0.2) is 0 Å². The molecule has 1 N–H and O–H groups in total. The first kappa shape index (κ1) is 18.6. The molecule has 0 aromatic heterocycles. The molecular formula is C11H23NNaS2. The Morgan fingerprint density at radius 1 is 1.07 bits per heavy atom. The van der Waals surface area contributed by atoms with Crippen LogP contribution in [0.15, 0.2) is 0 Å². The van der Waals surface area contributed by atoms with Crippen LogP contribution in [0.1, 0.15) is 52.4 Å². The van der Waals surface area contributed by atoms with Crippen LogP contribution in [0.5, 0.6) is 0 Å². The molecule has 1 radical (unpaired) electrons. The Balaban J connectivity index is 0. The first-order chi connectivity index (χ1) is 6.81. The van der Waals surface area contributed by atoms with Crippen LogP contribution in [0.2, 0.25) is 0 Å². The number of hydrogen-bond donors (Lipinski definition) is 1. The van der Waals surface area contributed by atoms with Crippen molar-refractivity contribution in [3.05, 3.63) is 0 Å². The van der Waals surface area contributed by atoms with E-state index in [-0.39, 0.29) is 29.6 Å². The molecule has 0 aromatic carbocycles. The SMILES string of the molecule is CCCCCCCCNC(=S)SCC.[Na]. The van der Waals surface area contributed by atoms with Crippen LogP contribution in [0, 0.1) is 0 Å². The molecule has 0 spiro atoms. The molecule has 0 saturated heterocycles. The van der Waals surface area contributed by atoms with E-state index in [1.165, 1.54) is 38.5 Å². The number of rotatable bonds is 8. The summed E-state index contributed by atoms with van der Waals surface area (Å²) in [6, 6.07) is 0. The van der Waals surface area contributed by atoms with E-state index in [0.29, 0.717) is 0 Å². The van der Waals surface area contributed by atoms with E-state index in [1.807, 2.05) is 0 Å². The molecule has 0 fully saturated rings. The molecule has 0 aliphatic heterocycles. The van der Waals surface area contributed by atoms with Crippen LogP contribution in [0.4, 0.5) is 0 Å². The Bertz CT molecular complexity index is 143. The van der Waals surface area contributed by atoms with Crippen molar-refractivity contribution in [2.45, 2.75) is 52.4 Å². The first-order valence-electron chi connectivity index (χ1n) is 5.71. The average Bonchev–Trinajstić information content (AvgIpc) is 2.17. The van der Waals surface area contributed by atoms with E-state index in [0.717, 1.165) is 16.6 Å². The second-order valence-corrected chi connectivity index (χ2v) is 5.36. The van der Waals surface area contributed by atoms with Crippen LogP contribution in [0.3, 0.4) is 0 Å². The molecule has 0 amide bonds. The molecule has 0 saturated carbocycles. The van der Waals surface area contributed by atoms with Crippen LogP contribution < -0.4 is 5.32 Å². The van der Waals surface area contributed by atoms with Crippen molar-refractivity contribution in [1.82, 2.24) is 5.32 Å². The average molecular weight is 256 g/mol. The summed E-state index contributed by atoms with van der Waals surface area (Å²) in [6.45, 7) is 5.43. The largest absolute Gasteiger partial charge is 0.371 e. The van der Waals surface area contributed by atoms with Crippen LogP contribution in [0.25, 0.3) is 0 Å². The van der Waals surface area contributed by atoms with Gasteiger partial charge >= 0.3 is 0 Å². The summed E-state index contributed by atoms with van der Waals surface area (Å²) in [5.74, 6) is 1.07. The Hall–Kier alpha value is 1.24. The zero-order valence-corrected chi connectivity index (χ0v) is 14.1. The van der Waals surface area contributed by atoms with E-state index in [9.17, 15) is 0 Å². The molecule has 15 heavy (non-hydrogen) atoms. The molecule has 0 aliphatic rings. The Morgan fingerprint density at radius 2 is 1.67 bits per heavy atom. The van der Waals surface area contributed by atoms with Gasteiger partial charge in [0.15, 0.2) is 0 Å². The summed E-state index contributed by atoms with van der Waals surface area (Å²) in [7, 11) is 0. The minimum absolute atomic E-state index is 0. The maximum atomic E-state index is 5.12. The third kappa shape index (κ3) is 15.2.